The summed E-state index contributed by atoms with van der Waals surface area (Å²) in [7, 11) is 1.59. The fraction of sp³-hybridized carbons (Fsp3) is 0.407. The third-order valence-corrected chi connectivity index (χ3v) is 6.80. The van der Waals surface area contributed by atoms with Gasteiger partial charge in [0.2, 0.25) is 11.8 Å². The Labute approximate surface area is 213 Å². The average molecular weight is 516 g/mol. The molecule has 198 valence electrons. The van der Waals surface area contributed by atoms with Crippen molar-refractivity contribution in [1.82, 2.24) is 10.6 Å². The number of ether oxygens (including phenoxy) is 2. The monoisotopic (exact) mass is 515 g/mol. The summed E-state index contributed by atoms with van der Waals surface area (Å²) < 4.78 is 39.1. The molecule has 4 rings (SSSR count). The van der Waals surface area contributed by atoms with E-state index >= 15 is 0 Å². The number of benzene rings is 2. The Morgan fingerprint density at radius 2 is 1.92 bits per heavy atom. The molecule has 8 nitrogen and oxygen atoms in total. The number of aliphatic hydroxyl groups excluding tert-OH is 1. The Hall–Kier alpha value is -3.34. The van der Waals surface area contributed by atoms with E-state index in [4.69, 9.17) is 15.2 Å². The van der Waals surface area contributed by atoms with Crippen LogP contribution in [0.4, 0.5) is 8.78 Å². The van der Waals surface area contributed by atoms with Crippen molar-refractivity contribution >= 4 is 11.8 Å². The number of primary amides is 1. The van der Waals surface area contributed by atoms with Crippen LogP contribution in [0.3, 0.4) is 0 Å². The molecule has 1 heterocycles. The normalized spacial score (nSPS) is 27.4. The van der Waals surface area contributed by atoms with E-state index < -0.39 is 41.5 Å². The first-order valence-corrected chi connectivity index (χ1v) is 12.2. The Morgan fingerprint density at radius 1 is 1.16 bits per heavy atom. The molecule has 0 saturated heterocycles. The fourth-order valence-electron chi connectivity index (χ4n) is 4.87. The van der Waals surface area contributed by atoms with E-state index in [-0.39, 0.29) is 43.7 Å². The Bertz CT molecular complexity index is 1150. The molecule has 0 unspecified atom stereocenters. The van der Waals surface area contributed by atoms with Gasteiger partial charge in [0.1, 0.15) is 23.3 Å². The van der Waals surface area contributed by atoms with Crippen LogP contribution in [0, 0.1) is 17.6 Å². The molecule has 0 saturated carbocycles. The number of aliphatic hydroxyl groups is 1. The number of hydrogen-bond donors (Lipinski definition) is 4. The molecule has 2 aliphatic rings. The van der Waals surface area contributed by atoms with Crippen molar-refractivity contribution < 1.29 is 33.0 Å². The number of carbonyl (C=O) groups excluding carboxylic acids is 2. The van der Waals surface area contributed by atoms with Gasteiger partial charge < -0.3 is 30.9 Å². The molecule has 0 radical (unpaired) electrons. The van der Waals surface area contributed by atoms with Gasteiger partial charge in [0.15, 0.2) is 0 Å². The van der Waals surface area contributed by atoms with Crippen LogP contribution in [0.15, 0.2) is 48.6 Å². The van der Waals surface area contributed by atoms with E-state index in [1.165, 1.54) is 0 Å². The van der Waals surface area contributed by atoms with Gasteiger partial charge in [-0.1, -0.05) is 18.2 Å². The molecule has 2 aromatic rings. The predicted molar refractivity (Wildman–Crippen MR) is 131 cm³/mol. The van der Waals surface area contributed by atoms with E-state index in [1.54, 1.807) is 19.3 Å². The zero-order valence-corrected chi connectivity index (χ0v) is 20.5. The average Bonchev–Trinajstić information content (AvgIpc) is 3.19. The third kappa shape index (κ3) is 6.51. The summed E-state index contributed by atoms with van der Waals surface area (Å²) in [5.41, 5.74) is 7.70. The van der Waals surface area contributed by atoms with E-state index in [1.807, 2.05) is 18.2 Å². The summed E-state index contributed by atoms with van der Waals surface area (Å²) in [6, 6.07) is 7.65. The van der Waals surface area contributed by atoms with E-state index in [2.05, 4.69) is 10.6 Å². The maximum atomic E-state index is 13.8. The van der Waals surface area contributed by atoms with Gasteiger partial charge in [-0.05, 0) is 60.2 Å². The summed E-state index contributed by atoms with van der Waals surface area (Å²) in [5, 5.41) is 17.1. The van der Waals surface area contributed by atoms with Crippen molar-refractivity contribution in [2.75, 3.05) is 20.3 Å². The van der Waals surface area contributed by atoms with Gasteiger partial charge in [0, 0.05) is 18.7 Å². The number of amides is 2. The number of nitrogens with two attached hydrogens (primary N) is 1. The molecule has 0 fully saturated rings. The molecule has 0 aromatic heterocycles. The van der Waals surface area contributed by atoms with Crippen molar-refractivity contribution in [1.29, 1.82) is 0 Å². The maximum Gasteiger partial charge on any atom is 0.233 e. The van der Waals surface area contributed by atoms with Crippen LogP contribution in [0.5, 0.6) is 5.75 Å². The lowest BCUT2D eigenvalue weighted by Crippen LogP contribution is -2.52. The van der Waals surface area contributed by atoms with Gasteiger partial charge >= 0.3 is 0 Å². The number of rotatable bonds is 4. The fourth-order valence-corrected chi connectivity index (χ4v) is 4.87. The molecule has 5 N–H and O–H groups in total. The number of nitrogens with one attached hydrogen (secondary N) is 2. The predicted octanol–water partition coefficient (Wildman–Crippen LogP) is 2.22. The minimum atomic E-state index is -1.18. The number of carbonyl (C=O) groups is 2. The molecule has 1 aliphatic carbocycles. The second kappa shape index (κ2) is 11.8. The Balaban J connectivity index is 1.63. The highest BCUT2D eigenvalue weighted by Gasteiger charge is 2.34. The second-order valence-electron chi connectivity index (χ2n) is 9.34. The Morgan fingerprint density at radius 3 is 2.62 bits per heavy atom. The smallest absolute Gasteiger partial charge is 0.233 e. The maximum absolute atomic E-state index is 13.8. The number of methoxy groups -OCH3 is 1. The summed E-state index contributed by atoms with van der Waals surface area (Å²) in [4.78, 5) is 25.0. The molecule has 0 spiro atoms. The van der Waals surface area contributed by atoms with Crippen molar-refractivity contribution in [2.45, 2.75) is 43.6 Å². The van der Waals surface area contributed by atoms with Crippen LogP contribution >= 0.6 is 0 Å². The van der Waals surface area contributed by atoms with E-state index in [0.717, 1.165) is 29.3 Å². The van der Waals surface area contributed by atoms with E-state index in [9.17, 15) is 23.5 Å². The topological polar surface area (TPSA) is 123 Å². The molecular formula is C27H31F2N3O5. The van der Waals surface area contributed by atoms with Gasteiger partial charge in [0.05, 0.1) is 32.0 Å². The molecule has 1 aliphatic heterocycles. The van der Waals surface area contributed by atoms with Crippen molar-refractivity contribution in [2.24, 2.45) is 11.7 Å². The molecule has 2 bridgehead atoms. The summed E-state index contributed by atoms with van der Waals surface area (Å²) in [6.07, 6.45) is 2.61. The van der Waals surface area contributed by atoms with Crippen LogP contribution in [0.2, 0.25) is 0 Å². The standard InChI is InChI=1S/C27H31F2N3O5/c1-36-18-5-6-19-21(12-18)22-13-25(19)37-7-3-2-4-20(26(30)34)27(35)32-23(24(33)14-31-22)10-15-8-16(28)11-17(29)9-15/h2-3,5-6,8-9,11-12,20,22-25,31,33H,4,7,10,13-14H2,1H3,(H2,30,34)(H,32,35)/b3-2+/t20-,22+,23-,24+,25+/m0/s1. The zero-order chi connectivity index (χ0) is 26.5. The van der Waals surface area contributed by atoms with Crippen LogP contribution in [0.1, 0.15) is 41.7 Å². The van der Waals surface area contributed by atoms with E-state index in [0.29, 0.717) is 12.2 Å². The molecule has 37 heavy (non-hydrogen) atoms. The van der Waals surface area contributed by atoms with Gasteiger partial charge in [0.25, 0.3) is 0 Å². The lowest BCUT2D eigenvalue weighted by atomic mass is 9.97. The summed E-state index contributed by atoms with van der Waals surface area (Å²) in [6.45, 7) is 0.322. The Kier molecular flexibility index (Phi) is 8.52. The second-order valence-corrected chi connectivity index (χ2v) is 9.34. The molecule has 10 heteroatoms. The highest BCUT2D eigenvalue weighted by molar-refractivity contribution is 5.99. The molecule has 5 atom stereocenters. The molecule has 2 aromatic carbocycles. The number of fused-ring (bicyclic) bond motifs is 5. The highest BCUT2D eigenvalue weighted by Crippen LogP contribution is 2.42. The lowest BCUT2D eigenvalue weighted by Gasteiger charge is -2.27. The summed E-state index contributed by atoms with van der Waals surface area (Å²) >= 11 is 0. The van der Waals surface area contributed by atoms with Crippen molar-refractivity contribution in [3.8, 4) is 5.75 Å². The SMILES string of the molecule is COc1ccc2c(c1)[C@H]1C[C@H]2OC/C=C/C[C@@H](C(N)=O)C(=O)N[C@@H](Cc2cc(F)cc(F)c2)[C@H](O)CN1. The number of halogens is 2. The van der Waals surface area contributed by atoms with Crippen molar-refractivity contribution in [3.05, 3.63) is 76.9 Å². The third-order valence-electron chi connectivity index (χ3n) is 6.80. The molecule has 2 amide bonds. The largest absolute Gasteiger partial charge is 0.497 e. The number of allylic oxidation sites excluding steroid dienone is 1. The first-order chi connectivity index (χ1) is 17.7. The minimum Gasteiger partial charge on any atom is -0.497 e. The van der Waals surface area contributed by atoms with Crippen LogP contribution in [-0.2, 0) is 20.7 Å². The number of hydrogen-bond acceptors (Lipinski definition) is 6. The molecular weight excluding hydrogens is 484 g/mol. The highest BCUT2D eigenvalue weighted by atomic mass is 19.1. The van der Waals surface area contributed by atoms with Crippen molar-refractivity contribution in [3.63, 3.8) is 0 Å². The van der Waals surface area contributed by atoms with Gasteiger partial charge in [-0.3, -0.25) is 9.59 Å². The van der Waals surface area contributed by atoms with Crippen LogP contribution in [-0.4, -0.2) is 49.3 Å². The summed E-state index contributed by atoms with van der Waals surface area (Å²) in [5.74, 6) is -3.53. The van der Waals surface area contributed by atoms with Gasteiger partial charge in [-0.15, -0.1) is 0 Å². The minimum absolute atomic E-state index is 0.0429. The number of β-amino-alcohol motifs (C(OH)–C–C–N with tert-alkyl or cyclic N) is 1. The first-order valence-electron chi connectivity index (χ1n) is 12.2. The van der Waals surface area contributed by atoms with Gasteiger partial charge in [-0.2, -0.15) is 0 Å². The van der Waals surface area contributed by atoms with Crippen LogP contribution in [0.25, 0.3) is 0 Å². The quantitative estimate of drug-likeness (QED) is 0.366. The van der Waals surface area contributed by atoms with Crippen LogP contribution < -0.4 is 21.1 Å². The zero-order valence-electron chi connectivity index (χ0n) is 20.5. The first kappa shape index (κ1) is 26.7. The van der Waals surface area contributed by atoms with Gasteiger partial charge in [-0.25, -0.2) is 8.78 Å². The lowest BCUT2D eigenvalue weighted by molar-refractivity contribution is -0.134.